The Hall–Kier alpha value is -0.870. The number of nitrogens with zero attached hydrogens (tertiary/aromatic N) is 2. The van der Waals surface area contributed by atoms with Crippen molar-refractivity contribution in [2.45, 2.75) is 25.3 Å². The fourth-order valence-electron chi connectivity index (χ4n) is 1.85. The van der Waals surface area contributed by atoms with Gasteiger partial charge in [-0.1, -0.05) is 0 Å². The van der Waals surface area contributed by atoms with E-state index in [1.807, 2.05) is 13.0 Å². The Bertz CT molecular complexity index is 353. The SMILES string of the molecule is Cc1cc(NC2(CCl)CCOCC2)ncn1. The molecule has 1 N–H and O–H groups in total. The minimum Gasteiger partial charge on any atom is -0.381 e. The minimum atomic E-state index is -0.0827. The van der Waals surface area contributed by atoms with E-state index in [-0.39, 0.29) is 5.54 Å². The van der Waals surface area contributed by atoms with Crippen LogP contribution in [0.1, 0.15) is 18.5 Å². The summed E-state index contributed by atoms with van der Waals surface area (Å²) in [6.07, 6.45) is 3.40. The van der Waals surface area contributed by atoms with Crippen LogP contribution in [-0.4, -0.2) is 34.6 Å². The minimum absolute atomic E-state index is 0.0827. The van der Waals surface area contributed by atoms with Gasteiger partial charge in [-0.25, -0.2) is 9.97 Å². The second-order valence-electron chi connectivity index (χ2n) is 4.20. The molecule has 0 aromatic carbocycles. The van der Waals surface area contributed by atoms with E-state index in [1.165, 1.54) is 0 Å². The second-order valence-corrected chi connectivity index (χ2v) is 4.46. The fourth-order valence-corrected chi connectivity index (χ4v) is 2.18. The average Bonchev–Trinajstić information content (AvgIpc) is 2.30. The van der Waals surface area contributed by atoms with E-state index in [9.17, 15) is 0 Å². The Morgan fingerprint density at radius 3 is 2.81 bits per heavy atom. The predicted molar refractivity (Wildman–Crippen MR) is 63.9 cm³/mol. The van der Waals surface area contributed by atoms with Crippen molar-refractivity contribution in [1.82, 2.24) is 9.97 Å². The first-order valence-corrected chi connectivity index (χ1v) is 5.98. The molecule has 0 amide bonds. The van der Waals surface area contributed by atoms with Gasteiger partial charge in [0.2, 0.25) is 0 Å². The number of hydrogen-bond acceptors (Lipinski definition) is 4. The van der Waals surface area contributed by atoms with Crippen molar-refractivity contribution in [1.29, 1.82) is 0 Å². The molecule has 16 heavy (non-hydrogen) atoms. The van der Waals surface area contributed by atoms with E-state index in [1.54, 1.807) is 6.33 Å². The second kappa shape index (κ2) is 4.97. The summed E-state index contributed by atoms with van der Waals surface area (Å²) in [5.41, 5.74) is 0.870. The first-order valence-electron chi connectivity index (χ1n) is 5.45. The van der Waals surface area contributed by atoms with Crippen LogP contribution in [0.5, 0.6) is 0 Å². The monoisotopic (exact) mass is 241 g/mol. The van der Waals surface area contributed by atoms with Crippen LogP contribution in [0.2, 0.25) is 0 Å². The molecule has 1 aliphatic rings. The summed E-state index contributed by atoms with van der Waals surface area (Å²) in [4.78, 5) is 8.28. The van der Waals surface area contributed by atoms with Crippen molar-refractivity contribution in [2.75, 3.05) is 24.4 Å². The Balaban J connectivity index is 2.11. The molecule has 0 atom stereocenters. The summed E-state index contributed by atoms with van der Waals surface area (Å²) >= 11 is 6.07. The Kier molecular flexibility index (Phi) is 3.61. The third-order valence-electron chi connectivity index (χ3n) is 2.90. The lowest BCUT2D eigenvalue weighted by Crippen LogP contribution is -2.45. The molecule has 0 radical (unpaired) electrons. The molecule has 0 bridgehead atoms. The van der Waals surface area contributed by atoms with E-state index in [4.69, 9.17) is 16.3 Å². The molecule has 2 rings (SSSR count). The van der Waals surface area contributed by atoms with Crippen LogP contribution in [-0.2, 0) is 4.74 Å². The molecule has 0 unspecified atom stereocenters. The van der Waals surface area contributed by atoms with E-state index >= 15 is 0 Å². The van der Waals surface area contributed by atoms with Gasteiger partial charge in [-0.05, 0) is 19.8 Å². The maximum Gasteiger partial charge on any atom is 0.130 e. The van der Waals surface area contributed by atoms with Crippen molar-refractivity contribution in [3.63, 3.8) is 0 Å². The van der Waals surface area contributed by atoms with Crippen molar-refractivity contribution in [3.8, 4) is 0 Å². The largest absolute Gasteiger partial charge is 0.381 e. The molecule has 1 saturated heterocycles. The predicted octanol–water partition coefficient (Wildman–Crippen LogP) is 1.98. The fraction of sp³-hybridized carbons (Fsp3) is 0.636. The van der Waals surface area contributed by atoms with Gasteiger partial charge < -0.3 is 10.1 Å². The lowest BCUT2D eigenvalue weighted by molar-refractivity contribution is 0.0666. The molecule has 1 aliphatic heterocycles. The number of halogens is 1. The zero-order chi connectivity index (χ0) is 11.4. The van der Waals surface area contributed by atoms with Crippen molar-refractivity contribution in [3.05, 3.63) is 18.1 Å². The van der Waals surface area contributed by atoms with Gasteiger partial charge in [-0.3, -0.25) is 0 Å². The van der Waals surface area contributed by atoms with Gasteiger partial charge in [-0.15, -0.1) is 11.6 Å². The highest BCUT2D eigenvalue weighted by molar-refractivity contribution is 6.18. The molecule has 1 aromatic rings. The summed E-state index contributed by atoms with van der Waals surface area (Å²) in [6, 6.07) is 1.93. The number of anilines is 1. The van der Waals surface area contributed by atoms with Gasteiger partial charge >= 0.3 is 0 Å². The maximum absolute atomic E-state index is 6.07. The first kappa shape index (κ1) is 11.6. The highest BCUT2D eigenvalue weighted by atomic mass is 35.5. The van der Waals surface area contributed by atoms with E-state index in [2.05, 4.69) is 15.3 Å². The van der Waals surface area contributed by atoms with Crippen LogP contribution in [0, 0.1) is 6.92 Å². The summed E-state index contributed by atoms with van der Waals surface area (Å²) in [5, 5.41) is 3.42. The molecular weight excluding hydrogens is 226 g/mol. The molecule has 5 heteroatoms. The summed E-state index contributed by atoms with van der Waals surface area (Å²) < 4.78 is 5.36. The smallest absolute Gasteiger partial charge is 0.130 e. The van der Waals surface area contributed by atoms with Gasteiger partial charge in [0.1, 0.15) is 12.1 Å². The van der Waals surface area contributed by atoms with Crippen LogP contribution in [0.25, 0.3) is 0 Å². The molecule has 1 aromatic heterocycles. The number of alkyl halides is 1. The van der Waals surface area contributed by atoms with E-state index in [0.29, 0.717) is 5.88 Å². The Labute approximate surface area is 100 Å². The third kappa shape index (κ3) is 2.62. The molecular formula is C11H16ClN3O. The zero-order valence-electron chi connectivity index (χ0n) is 9.37. The van der Waals surface area contributed by atoms with Gasteiger partial charge in [0.05, 0.1) is 5.54 Å². The number of nitrogens with one attached hydrogen (secondary N) is 1. The maximum atomic E-state index is 6.07. The lowest BCUT2D eigenvalue weighted by Gasteiger charge is -2.36. The van der Waals surface area contributed by atoms with Crippen LogP contribution in [0.4, 0.5) is 5.82 Å². The van der Waals surface area contributed by atoms with Gasteiger partial charge in [0.15, 0.2) is 0 Å². The van der Waals surface area contributed by atoms with E-state index in [0.717, 1.165) is 37.6 Å². The van der Waals surface area contributed by atoms with Crippen LogP contribution < -0.4 is 5.32 Å². The topological polar surface area (TPSA) is 47.0 Å². The van der Waals surface area contributed by atoms with Gasteiger partial charge in [0.25, 0.3) is 0 Å². The Morgan fingerprint density at radius 1 is 1.44 bits per heavy atom. The average molecular weight is 242 g/mol. The normalized spacial score (nSPS) is 19.4. The quantitative estimate of drug-likeness (QED) is 0.823. The molecule has 2 heterocycles. The molecule has 88 valence electrons. The van der Waals surface area contributed by atoms with Gasteiger partial charge in [0, 0.05) is 30.9 Å². The summed E-state index contributed by atoms with van der Waals surface area (Å²) in [6.45, 7) is 3.46. The van der Waals surface area contributed by atoms with Crippen molar-refractivity contribution >= 4 is 17.4 Å². The van der Waals surface area contributed by atoms with E-state index < -0.39 is 0 Å². The summed E-state index contributed by atoms with van der Waals surface area (Å²) in [5.74, 6) is 1.41. The first-order chi connectivity index (χ1) is 7.74. The summed E-state index contributed by atoms with van der Waals surface area (Å²) in [7, 11) is 0. The number of hydrogen-bond donors (Lipinski definition) is 1. The van der Waals surface area contributed by atoms with Crippen molar-refractivity contribution < 1.29 is 4.74 Å². The van der Waals surface area contributed by atoms with Crippen molar-refractivity contribution in [2.24, 2.45) is 0 Å². The van der Waals surface area contributed by atoms with Gasteiger partial charge in [-0.2, -0.15) is 0 Å². The third-order valence-corrected chi connectivity index (χ3v) is 3.41. The molecule has 0 spiro atoms. The number of aromatic nitrogens is 2. The zero-order valence-corrected chi connectivity index (χ0v) is 10.1. The molecule has 0 saturated carbocycles. The molecule has 4 nitrogen and oxygen atoms in total. The lowest BCUT2D eigenvalue weighted by atomic mass is 9.92. The van der Waals surface area contributed by atoms with Crippen LogP contribution in [0.15, 0.2) is 12.4 Å². The molecule has 1 fully saturated rings. The van der Waals surface area contributed by atoms with Crippen LogP contribution >= 0.6 is 11.6 Å². The molecule has 0 aliphatic carbocycles. The highest BCUT2D eigenvalue weighted by Gasteiger charge is 2.31. The number of aryl methyl sites for hydroxylation is 1. The number of rotatable bonds is 3. The highest BCUT2D eigenvalue weighted by Crippen LogP contribution is 2.26. The number of ether oxygens (including phenoxy) is 1. The van der Waals surface area contributed by atoms with Crippen LogP contribution in [0.3, 0.4) is 0 Å². The standard InChI is InChI=1S/C11H16ClN3O/c1-9-6-10(14-8-13-9)15-11(7-12)2-4-16-5-3-11/h6,8H,2-5,7H2,1H3,(H,13,14,15). The Morgan fingerprint density at radius 2 is 2.19 bits per heavy atom.